The van der Waals surface area contributed by atoms with Crippen LogP contribution in [0.3, 0.4) is 0 Å². The number of rotatable bonds is 11. The zero-order valence-electron chi connectivity index (χ0n) is 19.8. The van der Waals surface area contributed by atoms with Gasteiger partial charge in [-0.05, 0) is 26.0 Å². The van der Waals surface area contributed by atoms with E-state index < -0.39 is 37.4 Å². The van der Waals surface area contributed by atoms with Crippen molar-refractivity contribution in [3.05, 3.63) is 33.6 Å². The highest BCUT2D eigenvalue weighted by Gasteiger charge is 2.51. The summed E-state index contributed by atoms with van der Waals surface area (Å²) >= 11 is 12.6. The van der Waals surface area contributed by atoms with E-state index in [9.17, 15) is 18.9 Å². The molecule has 0 saturated heterocycles. The third kappa shape index (κ3) is 6.48. The van der Waals surface area contributed by atoms with Crippen LogP contribution in [0.5, 0.6) is 0 Å². The highest BCUT2D eigenvalue weighted by molar-refractivity contribution is 7.52. The van der Waals surface area contributed by atoms with Gasteiger partial charge in [-0.3, -0.25) is 9.36 Å². The minimum absolute atomic E-state index is 0.00847. The Balaban J connectivity index is 2.85. The van der Waals surface area contributed by atoms with Crippen molar-refractivity contribution >= 4 is 59.7 Å². The van der Waals surface area contributed by atoms with Crippen LogP contribution >= 0.6 is 30.8 Å². The number of carbonyl (C=O) groups excluding carboxylic acids is 3. The molecule has 0 saturated carbocycles. The number of esters is 2. The maximum absolute atomic E-state index is 13.1. The summed E-state index contributed by atoms with van der Waals surface area (Å²) in [4.78, 5) is 47.2. The number of halogens is 2. The smallest absolute Gasteiger partial charge is 0.344 e. The van der Waals surface area contributed by atoms with Gasteiger partial charge in [-0.2, -0.15) is 0 Å². The third-order valence-electron chi connectivity index (χ3n) is 4.85. The van der Waals surface area contributed by atoms with Gasteiger partial charge in [0.05, 0.1) is 40.8 Å². The van der Waals surface area contributed by atoms with Crippen molar-refractivity contribution in [1.82, 2.24) is 15.3 Å². The Labute approximate surface area is 212 Å². The molecule has 0 aliphatic rings. The second-order valence-electron chi connectivity index (χ2n) is 7.18. The Hall–Kier alpha value is -2.30. The Morgan fingerprint density at radius 3 is 1.80 bits per heavy atom. The average Bonchev–Trinajstić information content (AvgIpc) is 2.81. The number of benzene rings is 1. The van der Waals surface area contributed by atoms with Gasteiger partial charge < -0.3 is 23.8 Å². The molecule has 1 aromatic heterocycles. The molecule has 0 fully saturated rings. The van der Waals surface area contributed by atoms with Gasteiger partial charge in [0.25, 0.3) is 0 Å². The first-order valence-corrected chi connectivity index (χ1v) is 12.9. The number of carbonyl (C=O) groups is 3. The molecule has 1 amide bonds. The molecule has 192 valence electrons. The maximum atomic E-state index is 13.1. The standard InChI is InChI=1S/C21H26Cl2N3O8P/c1-6-33-19(28)21(26-12(3)27,20(29)34-7-2)10-15-16(11-35(30,31-4)32-5)25-18-14(23)9-8-13(22)17(18)24-15/h8-9H,6-7,10-11H2,1-5H3,(H,26,27). The van der Waals surface area contributed by atoms with Crippen LogP contribution in [0.1, 0.15) is 32.2 Å². The number of nitrogens with zero attached hydrogens (tertiary/aromatic N) is 2. The van der Waals surface area contributed by atoms with Crippen molar-refractivity contribution in [2.24, 2.45) is 0 Å². The summed E-state index contributed by atoms with van der Waals surface area (Å²) in [5, 5.41) is 2.75. The molecule has 35 heavy (non-hydrogen) atoms. The van der Waals surface area contributed by atoms with Gasteiger partial charge in [0.15, 0.2) is 0 Å². The largest absolute Gasteiger partial charge is 0.464 e. The van der Waals surface area contributed by atoms with Crippen molar-refractivity contribution in [2.45, 2.75) is 38.9 Å². The minimum atomic E-state index is -3.70. The molecule has 0 spiro atoms. The van der Waals surface area contributed by atoms with Crippen LogP contribution in [-0.4, -0.2) is 60.8 Å². The molecular weight excluding hydrogens is 524 g/mol. The lowest BCUT2D eigenvalue weighted by atomic mass is 9.91. The van der Waals surface area contributed by atoms with E-state index in [1.165, 1.54) is 40.2 Å². The lowest BCUT2D eigenvalue weighted by Crippen LogP contribution is -2.62. The molecule has 0 radical (unpaired) electrons. The van der Waals surface area contributed by atoms with Crippen LogP contribution in [0, 0.1) is 0 Å². The fourth-order valence-electron chi connectivity index (χ4n) is 3.23. The number of hydrogen-bond acceptors (Lipinski definition) is 10. The van der Waals surface area contributed by atoms with Gasteiger partial charge in [0, 0.05) is 27.6 Å². The molecule has 0 atom stereocenters. The topological polar surface area (TPSA) is 143 Å². The van der Waals surface area contributed by atoms with E-state index in [2.05, 4.69) is 15.3 Å². The summed E-state index contributed by atoms with van der Waals surface area (Å²) in [6.07, 6.45) is -0.943. The molecule has 0 bridgehead atoms. The number of aromatic nitrogens is 2. The second kappa shape index (κ2) is 12.1. The van der Waals surface area contributed by atoms with Gasteiger partial charge in [-0.1, -0.05) is 23.2 Å². The first kappa shape index (κ1) is 28.9. The summed E-state index contributed by atoms with van der Waals surface area (Å²) in [6, 6.07) is 3.01. The lowest BCUT2D eigenvalue weighted by Gasteiger charge is -2.30. The molecule has 14 heteroatoms. The summed E-state index contributed by atoms with van der Waals surface area (Å²) < 4.78 is 33.2. The Morgan fingerprint density at radius 1 is 0.943 bits per heavy atom. The zero-order valence-corrected chi connectivity index (χ0v) is 22.3. The number of amides is 1. The highest BCUT2D eigenvalue weighted by Crippen LogP contribution is 2.50. The quantitative estimate of drug-likeness (QED) is 0.251. The third-order valence-corrected chi connectivity index (χ3v) is 7.26. The van der Waals surface area contributed by atoms with Crippen molar-refractivity contribution in [3.8, 4) is 0 Å². The summed E-state index contributed by atoms with van der Waals surface area (Å²) in [5.41, 5.74) is -1.94. The van der Waals surface area contributed by atoms with Crippen molar-refractivity contribution in [3.63, 3.8) is 0 Å². The van der Waals surface area contributed by atoms with Gasteiger partial charge in [0.2, 0.25) is 11.4 Å². The predicted octanol–water partition coefficient (Wildman–Crippen LogP) is 3.47. The fraction of sp³-hybridized carbons (Fsp3) is 0.476. The highest BCUT2D eigenvalue weighted by atomic mass is 35.5. The Morgan fingerprint density at radius 2 is 1.40 bits per heavy atom. The van der Waals surface area contributed by atoms with Gasteiger partial charge in [-0.25, -0.2) is 19.6 Å². The zero-order chi connectivity index (χ0) is 26.4. The van der Waals surface area contributed by atoms with E-state index in [-0.39, 0.29) is 51.8 Å². The van der Waals surface area contributed by atoms with Crippen LogP contribution in [0.25, 0.3) is 11.0 Å². The van der Waals surface area contributed by atoms with E-state index in [1.807, 2.05) is 0 Å². The number of ether oxygens (including phenoxy) is 2. The van der Waals surface area contributed by atoms with Crippen LogP contribution in [0.15, 0.2) is 12.1 Å². The molecular formula is C21H26Cl2N3O8P. The molecule has 1 aromatic carbocycles. The fourth-order valence-corrected chi connectivity index (χ4v) is 4.65. The average molecular weight is 550 g/mol. The Kier molecular flexibility index (Phi) is 10.00. The van der Waals surface area contributed by atoms with E-state index in [0.29, 0.717) is 0 Å². The number of hydrogen-bond donors (Lipinski definition) is 1. The monoisotopic (exact) mass is 549 g/mol. The van der Waals surface area contributed by atoms with Crippen molar-refractivity contribution in [1.29, 1.82) is 0 Å². The predicted molar refractivity (Wildman–Crippen MR) is 128 cm³/mol. The molecule has 1 N–H and O–H groups in total. The first-order chi connectivity index (χ1) is 16.5. The van der Waals surface area contributed by atoms with Crippen LogP contribution in [-0.2, 0) is 50.1 Å². The number of nitrogens with one attached hydrogen (secondary N) is 1. The van der Waals surface area contributed by atoms with Gasteiger partial charge >= 0.3 is 19.5 Å². The van der Waals surface area contributed by atoms with Gasteiger partial charge in [0.1, 0.15) is 11.0 Å². The minimum Gasteiger partial charge on any atom is -0.464 e. The van der Waals surface area contributed by atoms with Gasteiger partial charge in [-0.15, -0.1) is 0 Å². The molecule has 11 nitrogen and oxygen atoms in total. The van der Waals surface area contributed by atoms with E-state index in [4.69, 9.17) is 41.7 Å². The SMILES string of the molecule is CCOC(=O)C(Cc1nc2c(Cl)ccc(Cl)c2nc1CP(=O)(OC)OC)(NC(C)=O)C(=O)OCC. The molecule has 0 aliphatic heterocycles. The molecule has 0 unspecified atom stereocenters. The van der Waals surface area contributed by atoms with Crippen molar-refractivity contribution in [2.75, 3.05) is 27.4 Å². The van der Waals surface area contributed by atoms with E-state index in [0.717, 1.165) is 6.92 Å². The summed E-state index contributed by atoms with van der Waals surface area (Å²) in [5.74, 6) is -2.84. The van der Waals surface area contributed by atoms with Crippen LogP contribution < -0.4 is 5.32 Å². The normalized spacial score (nSPS) is 11.9. The van der Waals surface area contributed by atoms with Crippen LogP contribution in [0.2, 0.25) is 10.0 Å². The van der Waals surface area contributed by atoms with Crippen molar-refractivity contribution < 1.29 is 37.5 Å². The molecule has 1 heterocycles. The van der Waals surface area contributed by atoms with E-state index in [1.54, 1.807) is 0 Å². The summed E-state index contributed by atoms with van der Waals surface area (Å²) in [7, 11) is -1.31. The lowest BCUT2D eigenvalue weighted by molar-refractivity contribution is -0.168. The molecule has 2 rings (SSSR count). The van der Waals surface area contributed by atoms with Crippen LogP contribution in [0.4, 0.5) is 0 Å². The Bertz CT molecular complexity index is 1150. The second-order valence-corrected chi connectivity index (χ2v) is 10.3. The molecule has 2 aromatic rings. The maximum Gasteiger partial charge on any atom is 0.344 e. The first-order valence-electron chi connectivity index (χ1n) is 10.4. The molecule has 0 aliphatic carbocycles. The van der Waals surface area contributed by atoms with E-state index >= 15 is 0 Å². The summed E-state index contributed by atoms with van der Waals surface area (Å²) in [6.45, 7) is 4.04. The number of fused-ring (bicyclic) bond motifs is 1.